The van der Waals surface area contributed by atoms with E-state index in [0.29, 0.717) is 12.0 Å². The highest BCUT2D eigenvalue weighted by Gasteiger charge is 2.24. The van der Waals surface area contributed by atoms with Crippen molar-refractivity contribution in [1.82, 2.24) is 4.90 Å². The number of anilines is 1. The lowest BCUT2D eigenvalue weighted by molar-refractivity contribution is 0.0919. The molecule has 0 saturated heterocycles. The third kappa shape index (κ3) is 4.37. The molecule has 3 heteroatoms. The molecule has 1 aliphatic heterocycles. The fraction of sp³-hybridized carbons (Fsp3) is 0.667. The van der Waals surface area contributed by atoms with Crippen molar-refractivity contribution in [3.05, 3.63) is 24.3 Å². The third-order valence-electron chi connectivity index (χ3n) is 4.20. The van der Waals surface area contributed by atoms with Gasteiger partial charge in [0.25, 0.3) is 0 Å². The van der Waals surface area contributed by atoms with Gasteiger partial charge < -0.3 is 10.1 Å². The van der Waals surface area contributed by atoms with Gasteiger partial charge in [-0.1, -0.05) is 39.8 Å². The van der Waals surface area contributed by atoms with E-state index >= 15 is 0 Å². The second-order valence-electron chi connectivity index (χ2n) is 6.43. The highest BCUT2D eigenvalue weighted by Crippen LogP contribution is 2.28. The summed E-state index contributed by atoms with van der Waals surface area (Å²) in [5.74, 6) is 1.68. The van der Waals surface area contributed by atoms with Gasteiger partial charge in [0.1, 0.15) is 11.9 Å². The highest BCUT2D eigenvalue weighted by atomic mass is 16.5. The minimum atomic E-state index is 0.235. The van der Waals surface area contributed by atoms with Crippen LogP contribution in [0.25, 0.3) is 0 Å². The molecule has 1 aliphatic rings. The normalized spacial score (nSPS) is 17.8. The molecule has 0 aromatic heterocycles. The summed E-state index contributed by atoms with van der Waals surface area (Å²) in [4.78, 5) is 2.62. The maximum atomic E-state index is 6.18. The number of nitrogens with zero attached hydrogens (tertiary/aromatic N) is 1. The van der Waals surface area contributed by atoms with Crippen molar-refractivity contribution in [2.45, 2.75) is 52.7 Å². The highest BCUT2D eigenvalue weighted by molar-refractivity contribution is 5.57. The molecule has 0 aliphatic carbocycles. The zero-order valence-electron chi connectivity index (χ0n) is 13.9. The summed E-state index contributed by atoms with van der Waals surface area (Å²) in [6, 6.07) is 8.88. The van der Waals surface area contributed by atoms with Gasteiger partial charge in [-0.05, 0) is 30.9 Å². The molecule has 0 bridgehead atoms. The lowest BCUT2D eigenvalue weighted by atomic mass is 10.1. The number of hydrogen-bond donors (Lipinski definition) is 1. The van der Waals surface area contributed by atoms with E-state index in [1.165, 1.54) is 12.8 Å². The van der Waals surface area contributed by atoms with Crippen LogP contribution in [0.1, 0.15) is 40.5 Å². The Morgan fingerprint density at radius 1 is 1.24 bits per heavy atom. The van der Waals surface area contributed by atoms with E-state index in [1.54, 1.807) is 0 Å². The summed E-state index contributed by atoms with van der Waals surface area (Å²) >= 11 is 0. The number of nitrogens with one attached hydrogen (secondary N) is 1. The monoisotopic (exact) mass is 290 g/mol. The van der Waals surface area contributed by atoms with E-state index in [4.69, 9.17) is 4.74 Å². The minimum absolute atomic E-state index is 0.235. The maximum Gasteiger partial charge on any atom is 0.142 e. The Morgan fingerprint density at radius 3 is 2.62 bits per heavy atom. The molecule has 2 rings (SSSR count). The molecule has 1 aromatic carbocycles. The summed E-state index contributed by atoms with van der Waals surface area (Å²) in [6.07, 6.45) is 2.65. The van der Waals surface area contributed by atoms with E-state index < -0.39 is 0 Å². The van der Waals surface area contributed by atoms with Crippen molar-refractivity contribution in [3.63, 3.8) is 0 Å². The number of para-hydroxylation sites is 2. The van der Waals surface area contributed by atoms with Crippen LogP contribution in [0.3, 0.4) is 0 Å². The molecule has 1 unspecified atom stereocenters. The van der Waals surface area contributed by atoms with Crippen molar-refractivity contribution in [2.24, 2.45) is 5.92 Å². The minimum Gasteiger partial charge on any atom is -0.485 e. The standard InChI is InChI=1S/C18H30N2O/c1-5-15(6-2)20(12-14(3)4)13-16-11-19-17-9-7-8-10-18(17)21-16/h7-10,14-16,19H,5-6,11-13H2,1-4H3. The molecule has 0 radical (unpaired) electrons. The first kappa shape index (κ1) is 16.2. The molecule has 0 amide bonds. The Balaban J connectivity index is 2.00. The van der Waals surface area contributed by atoms with E-state index in [-0.39, 0.29) is 6.10 Å². The Hall–Kier alpha value is -1.22. The first-order valence-electron chi connectivity index (χ1n) is 8.37. The molecule has 0 fully saturated rings. The summed E-state index contributed by atoms with van der Waals surface area (Å²) < 4.78 is 6.18. The second-order valence-corrected chi connectivity index (χ2v) is 6.43. The van der Waals surface area contributed by atoms with Crippen molar-refractivity contribution in [1.29, 1.82) is 0 Å². The number of fused-ring (bicyclic) bond motifs is 1. The molecule has 0 saturated carbocycles. The SMILES string of the molecule is CCC(CC)N(CC(C)C)CC1CNc2ccccc2O1. The smallest absolute Gasteiger partial charge is 0.142 e. The van der Waals surface area contributed by atoms with Crippen LogP contribution in [0.15, 0.2) is 24.3 Å². The molecule has 21 heavy (non-hydrogen) atoms. The van der Waals surface area contributed by atoms with Crippen molar-refractivity contribution >= 4 is 5.69 Å². The Kier molecular flexibility index (Phi) is 5.92. The van der Waals surface area contributed by atoms with Gasteiger partial charge >= 0.3 is 0 Å². The second kappa shape index (κ2) is 7.69. The third-order valence-corrected chi connectivity index (χ3v) is 4.20. The van der Waals surface area contributed by atoms with Crippen LogP contribution in [0, 0.1) is 5.92 Å². The van der Waals surface area contributed by atoms with Gasteiger partial charge in [-0.25, -0.2) is 0 Å². The van der Waals surface area contributed by atoms with E-state index in [0.717, 1.165) is 31.1 Å². The Morgan fingerprint density at radius 2 is 1.95 bits per heavy atom. The van der Waals surface area contributed by atoms with Gasteiger partial charge in [-0.3, -0.25) is 4.90 Å². The van der Waals surface area contributed by atoms with Crippen LogP contribution in [0.4, 0.5) is 5.69 Å². The zero-order valence-corrected chi connectivity index (χ0v) is 13.9. The number of benzene rings is 1. The van der Waals surface area contributed by atoms with Gasteiger partial charge in [0.15, 0.2) is 0 Å². The molecular formula is C18H30N2O. The first-order chi connectivity index (χ1) is 10.1. The van der Waals surface area contributed by atoms with E-state index in [1.807, 2.05) is 12.1 Å². The molecule has 1 N–H and O–H groups in total. The molecule has 1 atom stereocenters. The fourth-order valence-corrected chi connectivity index (χ4v) is 3.17. The number of hydrogen-bond acceptors (Lipinski definition) is 3. The van der Waals surface area contributed by atoms with Gasteiger partial charge in [0, 0.05) is 19.1 Å². The van der Waals surface area contributed by atoms with Gasteiger partial charge in [0.05, 0.1) is 12.2 Å². The van der Waals surface area contributed by atoms with Gasteiger partial charge in [-0.2, -0.15) is 0 Å². The topological polar surface area (TPSA) is 24.5 Å². The van der Waals surface area contributed by atoms with E-state index in [9.17, 15) is 0 Å². The number of rotatable bonds is 7. The largest absolute Gasteiger partial charge is 0.485 e. The van der Waals surface area contributed by atoms with Crippen LogP contribution in [0.5, 0.6) is 5.75 Å². The predicted molar refractivity (Wildman–Crippen MR) is 90.1 cm³/mol. The van der Waals surface area contributed by atoms with Gasteiger partial charge in [0.2, 0.25) is 0 Å². The predicted octanol–water partition coefficient (Wildman–Crippen LogP) is 4.01. The van der Waals surface area contributed by atoms with Crippen LogP contribution in [-0.4, -0.2) is 36.7 Å². The summed E-state index contributed by atoms with van der Waals surface area (Å²) in [7, 11) is 0. The quantitative estimate of drug-likeness (QED) is 0.821. The van der Waals surface area contributed by atoms with Crippen LogP contribution in [-0.2, 0) is 0 Å². The first-order valence-corrected chi connectivity index (χ1v) is 8.37. The summed E-state index contributed by atoms with van der Waals surface area (Å²) in [6.45, 7) is 12.2. The Labute approximate surface area is 129 Å². The van der Waals surface area contributed by atoms with Crippen LogP contribution >= 0.6 is 0 Å². The van der Waals surface area contributed by atoms with Crippen LogP contribution < -0.4 is 10.1 Å². The summed E-state index contributed by atoms with van der Waals surface area (Å²) in [5, 5.41) is 3.49. The fourth-order valence-electron chi connectivity index (χ4n) is 3.17. The lowest BCUT2D eigenvalue weighted by Gasteiger charge is -2.36. The molecule has 1 aromatic rings. The molecule has 1 heterocycles. The number of ether oxygens (including phenoxy) is 1. The molecule has 3 nitrogen and oxygen atoms in total. The average Bonchev–Trinajstić information content (AvgIpc) is 2.47. The average molecular weight is 290 g/mol. The summed E-state index contributed by atoms with van der Waals surface area (Å²) in [5.41, 5.74) is 1.12. The maximum absolute atomic E-state index is 6.18. The molecule has 118 valence electrons. The van der Waals surface area contributed by atoms with Crippen molar-refractivity contribution in [3.8, 4) is 5.75 Å². The molecule has 0 spiro atoms. The molecular weight excluding hydrogens is 260 g/mol. The Bertz CT molecular complexity index is 429. The zero-order chi connectivity index (χ0) is 15.2. The van der Waals surface area contributed by atoms with E-state index in [2.05, 4.69) is 50.0 Å². The van der Waals surface area contributed by atoms with Crippen molar-refractivity contribution in [2.75, 3.05) is 25.0 Å². The van der Waals surface area contributed by atoms with Crippen molar-refractivity contribution < 1.29 is 4.74 Å². The lowest BCUT2D eigenvalue weighted by Crippen LogP contribution is -2.47. The van der Waals surface area contributed by atoms with Crippen LogP contribution in [0.2, 0.25) is 0 Å². The van der Waals surface area contributed by atoms with Gasteiger partial charge in [-0.15, -0.1) is 0 Å².